The third kappa shape index (κ3) is 3.87. The fourth-order valence-electron chi connectivity index (χ4n) is 4.63. The van der Waals surface area contributed by atoms with Crippen molar-refractivity contribution in [3.05, 3.63) is 58.7 Å². The Kier molecular flexibility index (Phi) is 5.07. The van der Waals surface area contributed by atoms with Crippen LogP contribution in [0, 0.1) is 0 Å². The van der Waals surface area contributed by atoms with Crippen LogP contribution in [0.5, 0.6) is 5.75 Å². The lowest BCUT2D eigenvalue weighted by Gasteiger charge is -2.29. The Morgan fingerprint density at radius 2 is 1.82 bits per heavy atom. The van der Waals surface area contributed by atoms with Gasteiger partial charge in [0.15, 0.2) is 0 Å². The van der Waals surface area contributed by atoms with Gasteiger partial charge in [-0.25, -0.2) is 0 Å². The van der Waals surface area contributed by atoms with E-state index in [0.29, 0.717) is 29.8 Å². The number of piperidine rings is 1. The smallest absolute Gasteiger partial charge is 0.406 e. The molecule has 3 aliphatic heterocycles. The summed E-state index contributed by atoms with van der Waals surface area (Å²) in [4.78, 5) is 52.4. The van der Waals surface area contributed by atoms with Crippen LogP contribution in [-0.2, 0) is 22.6 Å². The van der Waals surface area contributed by atoms with Crippen LogP contribution in [0.2, 0.25) is 0 Å². The predicted octanol–water partition coefficient (Wildman–Crippen LogP) is 2.55. The monoisotopic (exact) mass is 473 g/mol. The number of carbonyl (C=O) groups is 4. The van der Waals surface area contributed by atoms with Crippen LogP contribution in [0.3, 0.4) is 0 Å². The number of carbonyl (C=O) groups excluding carboxylic acids is 4. The molecule has 3 aliphatic rings. The Bertz CT molecular complexity index is 1240. The molecule has 1 atom stereocenters. The lowest BCUT2D eigenvalue weighted by Crippen LogP contribution is -2.52. The topological polar surface area (TPSA) is 96.0 Å². The standard InChI is InChI=1S/C23H18F3N3O5/c24-23(25,26)34-15-3-1-12-7-8-28(18(12)10-15)21(32)13-2-4-16-14(9-13)11-29(22(16)33)17-5-6-19(30)27-20(17)31/h1-4,9-10,17H,5-8,11H2,(H,27,30,31). The van der Waals surface area contributed by atoms with Gasteiger partial charge in [0.2, 0.25) is 11.8 Å². The van der Waals surface area contributed by atoms with Gasteiger partial charge in [0, 0.05) is 36.7 Å². The van der Waals surface area contributed by atoms with Gasteiger partial charge in [-0.2, -0.15) is 0 Å². The van der Waals surface area contributed by atoms with E-state index in [2.05, 4.69) is 10.1 Å². The molecule has 1 saturated heterocycles. The molecule has 2 aromatic carbocycles. The van der Waals surface area contributed by atoms with E-state index < -0.39 is 30.0 Å². The van der Waals surface area contributed by atoms with Crippen LogP contribution in [0.15, 0.2) is 36.4 Å². The third-order valence-corrected chi connectivity index (χ3v) is 6.20. The average molecular weight is 473 g/mol. The third-order valence-electron chi connectivity index (χ3n) is 6.20. The molecule has 3 heterocycles. The minimum absolute atomic E-state index is 0.113. The summed E-state index contributed by atoms with van der Waals surface area (Å²) in [6.45, 7) is 0.407. The lowest BCUT2D eigenvalue weighted by molar-refractivity contribution is -0.274. The first-order valence-corrected chi connectivity index (χ1v) is 10.6. The van der Waals surface area contributed by atoms with Crippen molar-refractivity contribution in [2.24, 2.45) is 0 Å². The van der Waals surface area contributed by atoms with E-state index in [1.165, 1.54) is 40.1 Å². The Balaban J connectivity index is 1.38. The first-order chi connectivity index (χ1) is 16.1. The number of amides is 4. The molecule has 0 bridgehead atoms. The number of nitrogens with zero attached hydrogens (tertiary/aromatic N) is 2. The molecule has 8 nitrogen and oxygen atoms in total. The van der Waals surface area contributed by atoms with Crippen molar-refractivity contribution in [1.82, 2.24) is 10.2 Å². The molecule has 0 aliphatic carbocycles. The number of imide groups is 1. The second kappa shape index (κ2) is 7.86. The first kappa shape index (κ1) is 21.9. The van der Waals surface area contributed by atoms with E-state index >= 15 is 0 Å². The highest BCUT2D eigenvalue weighted by molar-refractivity contribution is 6.09. The summed E-state index contributed by atoms with van der Waals surface area (Å²) in [5, 5.41) is 2.24. The quantitative estimate of drug-likeness (QED) is 0.692. The molecule has 1 fully saturated rings. The zero-order chi connectivity index (χ0) is 24.2. The van der Waals surface area contributed by atoms with Crippen LogP contribution >= 0.6 is 0 Å². The Hall–Kier alpha value is -3.89. The first-order valence-electron chi connectivity index (χ1n) is 10.6. The van der Waals surface area contributed by atoms with E-state index in [9.17, 15) is 32.3 Å². The van der Waals surface area contributed by atoms with Crippen molar-refractivity contribution >= 4 is 29.3 Å². The minimum atomic E-state index is -4.84. The zero-order valence-corrected chi connectivity index (χ0v) is 17.6. The maximum absolute atomic E-state index is 13.2. The molecular weight excluding hydrogens is 455 g/mol. The van der Waals surface area contributed by atoms with Crippen molar-refractivity contribution < 1.29 is 37.1 Å². The SMILES string of the molecule is O=C1CCC(N2Cc3cc(C(=O)N4CCc5ccc(OC(F)(F)F)cc54)ccc3C2=O)C(=O)N1. The molecule has 11 heteroatoms. The molecule has 0 spiro atoms. The maximum atomic E-state index is 13.2. The molecule has 4 amide bonds. The van der Waals surface area contributed by atoms with E-state index in [-0.39, 0.29) is 36.8 Å². The Morgan fingerprint density at radius 3 is 2.56 bits per heavy atom. The molecule has 34 heavy (non-hydrogen) atoms. The van der Waals surface area contributed by atoms with E-state index in [1.807, 2.05) is 0 Å². The number of halogens is 3. The van der Waals surface area contributed by atoms with Crippen LogP contribution in [0.1, 0.15) is 44.7 Å². The van der Waals surface area contributed by atoms with Gasteiger partial charge in [-0.05, 0) is 48.2 Å². The van der Waals surface area contributed by atoms with Crippen LogP contribution in [-0.4, -0.2) is 47.5 Å². The van der Waals surface area contributed by atoms with Gasteiger partial charge in [0.25, 0.3) is 11.8 Å². The number of anilines is 1. The van der Waals surface area contributed by atoms with Crippen LogP contribution < -0.4 is 15.0 Å². The summed E-state index contributed by atoms with van der Waals surface area (Å²) >= 11 is 0. The van der Waals surface area contributed by atoms with Crippen molar-refractivity contribution in [3.8, 4) is 5.75 Å². The van der Waals surface area contributed by atoms with Crippen molar-refractivity contribution in [2.45, 2.75) is 38.2 Å². The van der Waals surface area contributed by atoms with Gasteiger partial charge in [-0.3, -0.25) is 24.5 Å². The molecule has 1 unspecified atom stereocenters. The van der Waals surface area contributed by atoms with Gasteiger partial charge in [0.05, 0.1) is 5.69 Å². The van der Waals surface area contributed by atoms with Gasteiger partial charge in [-0.15, -0.1) is 13.2 Å². The van der Waals surface area contributed by atoms with Crippen molar-refractivity contribution in [3.63, 3.8) is 0 Å². The number of nitrogens with one attached hydrogen (secondary N) is 1. The zero-order valence-electron chi connectivity index (χ0n) is 17.6. The van der Waals surface area contributed by atoms with Gasteiger partial charge < -0.3 is 14.5 Å². The number of rotatable bonds is 3. The Morgan fingerprint density at radius 1 is 1.03 bits per heavy atom. The van der Waals surface area contributed by atoms with Crippen LogP contribution in [0.4, 0.5) is 18.9 Å². The van der Waals surface area contributed by atoms with E-state index in [4.69, 9.17) is 0 Å². The highest BCUT2D eigenvalue weighted by Crippen LogP contribution is 2.35. The summed E-state index contributed by atoms with van der Waals surface area (Å²) in [5.41, 5.74) is 2.27. The Labute approximate surface area is 191 Å². The van der Waals surface area contributed by atoms with Gasteiger partial charge in [0.1, 0.15) is 11.8 Å². The second-order valence-electron chi connectivity index (χ2n) is 8.32. The van der Waals surface area contributed by atoms with E-state index in [1.54, 1.807) is 6.07 Å². The highest BCUT2D eigenvalue weighted by Gasteiger charge is 2.39. The number of benzene rings is 2. The number of fused-ring (bicyclic) bond motifs is 2. The number of ether oxygens (including phenoxy) is 1. The summed E-state index contributed by atoms with van der Waals surface area (Å²) < 4.78 is 41.8. The van der Waals surface area contributed by atoms with Crippen molar-refractivity contribution in [1.29, 1.82) is 0 Å². The van der Waals surface area contributed by atoms with Crippen molar-refractivity contribution in [2.75, 3.05) is 11.4 Å². The predicted molar refractivity (Wildman–Crippen MR) is 111 cm³/mol. The summed E-state index contributed by atoms with van der Waals surface area (Å²) in [7, 11) is 0. The summed E-state index contributed by atoms with van der Waals surface area (Å²) in [5.74, 6) is -2.10. The van der Waals surface area contributed by atoms with Gasteiger partial charge >= 0.3 is 6.36 Å². The molecule has 2 aromatic rings. The van der Waals surface area contributed by atoms with Gasteiger partial charge in [-0.1, -0.05) is 6.07 Å². The fraction of sp³-hybridized carbons (Fsp3) is 0.304. The molecule has 1 N–H and O–H groups in total. The number of hydrogen-bond acceptors (Lipinski definition) is 5. The molecular formula is C23H18F3N3O5. The average Bonchev–Trinajstić information content (AvgIpc) is 3.33. The molecule has 5 rings (SSSR count). The largest absolute Gasteiger partial charge is 0.573 e. The number of hydrogen-bond donors (Lipinski definition) is 1. The lowest BCUT2D eigenvalue weighted by atomic mass is 10.0. The summed E-state index contributed by atoms with van der Waals surface area (Å²) in [6.07, 6.45) is -4.00. The van der Waals surface area contributed by atoms with Crippen LogP contribution in [0.25, 0.3) is 0 Å². The highest BCUT2D eigenvalue weighted by atomic mass is 19.4. The normalized spacial score (nSPS) is 19.7. The maximum Gasteiger partial charge on any atom is 0.573 e. The fourth-order valence-corrected chi connectivity index (χ4v) is 4.63. The minimum Gasteiger partial charge on any atom is -0.406 e. The molecule has 0 saturated carbocycles. The van der Waals surface area contributed by atoms with E-state index in [0.717, 1.165) is 5.56 Å². The second-order valence-corrected chi connectivity index (χ2v) is 8.32. The number of alkyl halides is 3. The molecule has 176 valence electrons. The molecule has 0 aromatic heterocycles. The summed E-state index contributed by atoms with van der Waals surface area (Å²) in [6, 6.07) is 7.70. The molecule has 0 radical (unpaired) electrons.